The summed E-state index contributed by atoms with van der Waals surface area (Å²) in [4.78, 5) is 0. The lowest BCUT2D eigenvalue weighted by atomic mass is 9.84. The molecule has 0 bridgehead atoms. The zero-order valence-electron chi connectivity index (χ0n) is 14.6. The van der Waals surface area contributed by atoms with Gasteiger partial charge in [-0.2, -0.15) is 0 Å². The van der Waals surface area contributed by atoms with Crippen molar-refractivity contribution in [2.75, 3.05) is 0 Å². The molecule has 0 amide bonds. The van der Waals surface area contributed by atoms with Crippen molar-refractivity contribution in [3.63, 3.8) is 0 Å². The van der Waals surface area contributed by atoms with Crippen LogP contribution in [0.2, 0.25) is 0 Å². The van der Waals surface area contributed by atoms with Crippen molar-refractivity contribution in [3.05, 3.63) is 68.8 Å². The molecule has 0 radical (unpaired) electrons. The molecule has 1 unspecified atom stereocenters. The average molecular weight is 280 g/mol. The summed E-state index contributed by atoms with van der Waals surface area (Å²) in [6.45, 7) is 15.7. The summed E-state index contributed by atoms with van der Waals surface area (Å²) in [6.07, 6.45) is 1.13. The van der Waals surface area contributed by atoms with Gasteiger partial charge < -0.3 is 0 Å². The van der Waals surface area contributed by atoms with Gasteiger partial charge in [-0.25, -0.2) is 0 Å². The van der Waals surface area contributed by atoms with Crippen LogP contribution in [-0.2, 0) is 6.42 Å². The van der Waals surface area contributed by atoms with Gasteiger partial charge in [0.15, 0.2) is 0 Å². The Morgan fingerprint density at radius 3 is 1.48 bits per heavy atom. The zero-order valence-corrected chi connectivity index (χ0v) is 14.6. The lowest BCUT2D eigenvalue weighted by Crippen LogP contribution is -2.06. The molecule has 0 heterocycles. The number of benzene rings is 2. The van der Waals surface area contributed by atoms with Crippen LogP contribution in [0.15, 0.2) is 24.3 Å². The zero-order chi connectivity index (χ0) is 15.7. The monoisotopic (exact) mass is 280 g/mol. The Hall–Kier alpha value is -1.56. The Balaban J connectivity index is 2.37. The summed E-state index contributed by atoms with van der Waals surface area (Å²) >= 11 is 0. The van der Waals surface area contributed by atoms with Crippen LogP contribution in [0.4, 0.5) is 0 Å². The molecule has 2 rings (SSSR count). The second-order valence-corrected chi connectivity index (χ2v) is 6.79. The van der Waals surface area contributed by atoms with Crippen molar-refractivity contribution in [3.8, 4) is 0 Å². The van der Waals surface area contributed by atoms with Crippen molar-refractivity contribution in [2.24, 2.45) is 0 Å². The highest BCUT2D eigenvalue weighted by atomic mass is 14.2. The van der Waals surface area contributed by atoms with E-state index < -0.39 is 0 Å². The molecule has 0 fully saturated rings. The molecular weight excluding hydrogens is 252 g/mol. The van der Waals surface area contributed by atoms with Crippen LogP contribution in [-0.4, -0.2) is 0 Å². The summed E-state index contributed by atoms with van der Waals surface area (Å²) in [5, 5.41) is 0. The van der Waals surface area contributed by atoms with Gasteiger partial charge in [0.2, 0.25) is 0 Å². The highest BCUT2D eigenvalue weighted by molar-refractivity contribution is 5.43. The van der Waals surface area contributed by atoms with Crippen LogP contribution >= 0.6 is 0 Å². The molecule has 0 saturated carbocycles. The van der Waals surface area contributed by atoms with Crippen molar-refractivity contribution < 1.29 is 0 Å². The van der Waals surface area contributed by atoms with Crippen LogP contribution in [0.5, 0.6) is 0 Å². The molecule has 0 aliphatic heterocycles. The topological polar surface area (TPSA) is 0 Å². The van der Waals surface area contributed by atoms with Gasteiger partial charge in [0.1, 0.15) is 0 Å². The van der Waals surface area contributed by atoms with E-state index >= 15 is 0 Å². The minimum atomic E-state index is 0.561. The molecule has 112 valence electrons. The first-order chi connectivity index (χ1) is 9.79. The Kier molecular flexibility index (Phi) is 4.56. The van der Waals surface area contributed by atoms with E-state index in [0.29, 0.717) is 5.92 Å². The summed E-state index contributed by atoms with van der Waals surface area (Å²) in [5.41, 5.74) is 11.5. The van der Waals surface area contributed by atoms with Gasteiger partial charge in [-0.15, -0.1) is 0 Å². The van der Waals surface area contributed by atoms with Crippen LogP contribution < -0.4 is 0 Å². The molecule has 0 aliphatic carbocycles. The maximum Gasteiger partial charge on any atom is -0.0144 e. The molecule has 1 atom stereocenters. The minimum absolute atomic E-state index is 0.561. The minimum Gasteiger partial charge on any atom is -0.0581 e. The van der Waals surface area contributed by atoms with E-state index in [0.717, 1.165) is 6.42 Å². The van der Waals surface area contributed by atoms with Crippen molar-refractivity contribution in [2.45, 2.75) is 60.8 Å². The number of rotatable bonds is 3. The Bertz CT molecular complexity index is 616. The van der Waals surface area contributed by atoms with E-state index in [1.807, 2.05) is 0 Å². The number of hydrogen-bond donors (Lipinski definition) is 0. The third-order valence-corrected chi connectivity index (χ3v) is 4.58. The van der Waals surface area contributed by atoms with E-state index in [4.69, 9.17) is 0 Å². The first-order valence-corrected chi connectivity index (χ1v) is 7.94. The van der Waals surface area contributed by atoms with E-state index in [-0.39, 0.29) is 0 Å². The normalized spacial score (nSPS) is 12.5. The van der Waals surface area contributed by atoms with Crippen LogP contribution in [0.3, 0.4) is 0 Å². The van der Waals surface area contributed by atoms with Gasteiger partial charge >= 0.3 is 0 Å². The predicted octanol–water partition coefficient (Wildman–Crippen LogP) is 5.88. The van der Waals surface area contributed by atoms with E-state index in [1.165, 1.54) is 44.5 Å². The molecular formula is C21H28. The third kappa shape index (κ3) is 3.37. The number of aryl methyl sites for hydroxylation is 6. The summed E-state index contributed by atoms with van der Waals surface area (Å²) in [5.74, 6) is 0.561. The highest BCUT2D eigenvalue weighted by Crippen LogP contribution is 2.30. The predicted molar refractivity (Wildman–Crippen MR) is 93.4 cm³/mol. The lowest BCUT2D eigenvalue weighted by Gasteiger charge is -2.21. The molecule has 2 aromatic carbocycles. The van der Waals surface area contributed by atoms with Crippen molar-refractivity contribution in [1.82, 2.24) is 0 Å². The van der Waals surface area contributed by atoms with Crippen molar-refractivity contribution >= 4 is 0 Å². The first-order valence-electron chi connectivity index (χ1n) is 7.94. The fourth-order valence-corrected chi connectivity index (χ4v) is 3.91. The quantitative estimate of drug-likeness (QED) is 0.658. The molecule has 0 nitrogen and oxygen atoms in total. The van der Waals surface area contributed by atoms with Gasteiger partial charge in [-0.1, -0.05) is 42.3 Å². The van der Waals surface area contributed by atoms with Gasteiger partial charge in [0, 0.05) is 0 Å². The smallest absolute Gasteiger partial charge is 0.0144 e. The van der Waals surface area contributed by atoms with Crippen LogP contribution in [0.1, 0.15) is 57.3 Å². The molecule has 2 aromatic rings. The van der Waals surface area contributed by atoms with Crippen molar-refractivity contribution in [1.29, 1.82) is 0 Å². The standard InChI is InChI=1S/C21H28/c1-13-8-15(3)20(16(4)9-13)12-19(7)21-17(5)10-14(2)11-18(21)6/h8-11,19H,12H2,1-7H3. The molecule has 21 heavy (non-hydrogen) atoms. The molecule has 0 spiro atoms. The average Bonchev–Trinajstić information content (AvgIpc) is 2.32. The molecule has 0 heteroatoms. The lowest BCUT2D eigenvalue weighted by molar-refractivity contribution is 0.739. The summed E-state index contributed by atoms with van der Waals surface area (Å²) in [6, 6.07) is 9.25. The van der Waals surface area contributed by atoms with E-state index in [2.05, 4.69) is 72.7 Å². The second-order valence-electron chi connectivity index (χ2n) is 6.79. The Labute approximate surface area is 130 Å². The Morgan fingerprint density at radius 2 is 1.05 bits per heavy atom. The van der Waals surface area contributed by atoms with Crippen LogP contribution in [0.25, 0.3) is 0 Å². The largest absolute Gasteiger partial charge is 0.0581 e. The van der Waals surface area contributed by atoms with Gasteiger partial charge in [0.05, 0.1) is 0 Å². The molecule has 0 N–H and O–H groups in total. The van der Waals surface area contributed by atoms with E-state index in [1.54, 1.807) is 0 Å². The van der Waals surface area contributed by atoms with Gasteiger partial charge in [-0.3, -0.25) is 0 Å². The third-order valence-electron chi connectivity index (χ3n) is 4.58. The highest BCUT2D eigenvalue weighted by Gasteiger charge is 2.15. The molecule has 0 saturated heterocycles. The first kappa shape index (κ1) is 15.8. The maximum atomic E-state index is 2.36. The summed E-state index contributed by atoms with van der Waals surface area (Å²) < 4.78 is 0. The molecule has 0 aromatic heterocycles. The maximum absolute atomic E-state index is 2.36. The van der Waals surface area contributed by atoms with E-state index in [9.17, 15) is 0 Å². The van der Waals surface area contributed by atoms with Crippen LogP contribution in [0, 0.1) is 41.5 Å². The second kappa shape index (κ2) is 6.05. The SMILES string of the molecule is Cc1cc(C)c(CC(C)c2c(C)cc(C)cc2C)c(C)c1. The fraction of sp³-hybridized carbons (Fsp3) is 0.429. The van der Waals surface area contributed by atoms with Gasteiger partial charge in [-0.05, 0) is 87.3 Å². The fourth-order valence-electron chi connectivity index (χ4n) is 3.91. The summed E-state index contributed by atoms with van der Waals surface area (Å²) in [7, 11) is 0. The Morgan fingerprint density at radius 1 is 0.667 bits per heavy atom. The van der Waals surface area contributed by atoms with Gasteiger partial charge in [0.25, 0.3) is 0 Å². The number of hydrogen-bond acceptors (Lipinski definition) is 0. The molecule has 0 aliphatic rings.